The van der Waals surface area contributed by atoms with Crippen LogP contribution in [-0.4, -0.2) is 50.4 Å². The van der Waals surface area contributed by atoms with Gasteiger partial charge in [0.15, 0.2) is 16.4 Å². The molecule has 1 N–H and O–H groups in total. The van der Waals surface area contributed by atoms with Gasteiger partial charge in [-0.25, -0.2) is 13.2 Å². The highest BCUT2D eigenvalue weighted by atomic mass is 32.2. The van der Waals surface area contributed by atoms with Gasteiger partial charge in [-0.2, -0.15) is 0 Å². The number of ether oxygens (including phenoxy) is 1. The van der Waals surface area contributed by atoms with Gasteiger partial charge in [0.1, 0.15) is 0 Å². The van der Waals surface area contributed by atoms with Crippen LogP contribution in [0.3, 0.4) is 0 Å². The van der Waals surface area contributed by atoms with Gasteiger partial charge in [0.05, 0.1) is 28.0 Å². The van der Waals surface area contributed by atoms with Crippen molar-refractivity contribution < 1.29 is 27.5 Å². The quantitative estimate of drug-likeness (QED) is 0.500. The monoisotopic (exact) mass is 498 g/mol. The number of benzene rings is 2. The average molecular weight is 499 g/mol. The van der Waals surface area contributed by atoms with Crippen molar-refractivity contribution in [1.82, 2.24) is 0 Å². The van der Waals surface area contributed by atoms with Crippen molar-refractivity contribution in [3.8, 4) is 0 Å². The molecule has 1 unspecified atom stereocenters. The molecule has 1 atom stereocenters. The van der Waals surface area contributed by atoms with Gasteiger partial charge >= 0.3 is 5.97 Å². The lowest BCUT2D eigenvalue weighted by Gasteiger charge is -2.28. The topological polar surface area (TPSA) is 110 Å². The van der Waals surface area contributed by atoms with E-state index in [0.717, 1.165) is 0 Å². The summed E-state index contributed by atoms with van der Waals surface area (Å²) >= 11 is 1.32. The van der Waals surface area contributed by atoms with Crippen molar-refractivity contribution in [2.24, 2.45) is 0 Å². The van der Waals surface area contributed by atoms with Crippen molar-refractivity contribution in [2.75, 3.05) is 28.3 Å². The lowest BCUT2D eigenvalue weighted by atomic mass is 10.2. The molecule has 2 aromatic carbocycles. The maximum absolute atomic E-state index is 13.0. The van der Waals surface area contributed by atoms with Gasteiger partial charge in [-0.05, 0) is 54.3 Å². The number of carbonyl (C=O) groups excluding carboxylic acids is 3. The van der Waals surface area contributed by atoms with Crippen LogP contribution in [0.15, 0.2) is 72.1 Å². The Labute approximate surface area is 201 Å². The molecule has 176 valence electrons. The van der Waals surface area contributed by atoms with E-state index in [4.69, 9.17) is 4.74 Å². The number of rotatable bonds is 7. The Bertz CT molecular complexity index is 1270. The van der Waals surface area contributed by atoms with Crippen LogP contribution in [0.25, 0.3) is 0 Å². The number of hydrogen-bond donors (Lipinski definition) is 1. The molecule has 1 saturated heterocycles. The van der Waals surface area contributed by atoms with E-state index in [2.05, 4.69) is 5.32 Å². The third-order valence-corrected chi connectivity index (χ3v) is 7.95. The summed E-state index contributed by atoms with van der Waals surface area (Å²) in [5, 5.41) is 4.55. The van der Waals surface area contributed by atoms with Crippen LogP contribution in [0.4, 0.5) is 11.4 Å². The molecule has 2 heterocycles. The first kappa shape index (κ1) is 23.7. The minimum absolute atomic E-state index is 0.0173. The molecular weight excluding hydrogens is 476 g/mol. The minimum Gasteiger partial charge on any atom is -0.452 e. The minimum atomic E-state index is -3.21. The molecule has 3 aromatic rings. The summed E-state index contributed by atoms with van der Waals surface area (Å²) in [7, 11) is -3.21. The zero-order valence-electron chi connectivity index (χ0n) is 18.0. The summed E-state index contributed by atoms with van der Waals surface area (Å²) in [6.07, 6.45) is 0.329. The Morgan fingerprint density at radius 3 is 2.35 bits per heavy atom. The molecule has 34 heavy (non-hydrogen) atoms. The van der Waals surface area contributed by atoms with Gasteiger partial charge in [-0.3, -0.25) is 9.59 Å². The van der Waals surface area contributed by atoms with Gasteiger partial charge < -0.3 is 15.0 Å². The number of nitrogens with zero attached hydrogens (tertiary/aromatic N) is 1. The number of esters is 1. The highest BCUT2D eigenvalue weighted by Gasteiger charge is 2.35. The Kier molecular flexibility index (Phi) is 7.09. The van der Waals surface area contributed by atoms with Crippen LogP contribution < -0.4 is 10.2 Å². The van der Waals surface area contributed by atoms with E-state index in [0.29, 0.717) is 22.7 Å². The second-order valence-corrected chi connectivity index (χ2v) is 10.9. The van der Waals surface area contributed by atoms with Crippen molar-refractivity contribution in [2.45, 2.75) is 12.5 Å². The van der Waals surface area contributed by atoms with Crippen molar-refractivity contribution in [3.63, 3.8) is 0 Å². The van der Waals surface area contributed by atoms with Gasteiger partial charge in [-0.15, -0.1) is 11.3 Å². The van der Waals surface area contributed by atoms with E-state index in [1.54, 1.807) is 60.0 Å². The van der Waals surface area contributed by atoms with E-state index >= 15 is 0 Å². The van der Waals surface area contributed by atoms with Crippen LogP contribution in [0, 0.1) is 0 Å². The van der Waals surface area contributed by atoms with Crippen LogP contribution in [0.1, 0.15) is 26.5 Å². The van der Waals surface area contributed by atoms with E-state index < -0.39 is 34.4 Å². The van der Waals surface area contributed by atoms with E-state index in [-0.39, 0.29) is 23.0 Å². The fraction of sp³-hybridized carbons (Fsp3) is 0.208. The maximum atomic E-state index is 13.0. The second kappa shape index (κ2) is 10.2. The summed E-state index contributed by atoms with van der Waals surface area (Å²) in [6, 6.07) is 17.9. The van der Waals surface area contributed by atoms with Crippen LogP contribution in [0.2, 0.25) is 0 Å². The maximum Gasteiger partial charge on any atom is 0.338 e. The van der Waals surface area contributed by atoms with Gasteiger partial charge in [-0.1, -0.05) is 24.3 Å². The zero-order chi connectivity index (χ0) is 24.1. The predicted octanol–water partition coefficient (Wildman–Crippen LogP) is 3.38. The zero-order valence-corrected chi connectivity index (χ0v) is 19.7. The Balaban J connectivity index is 1.39. The smallest absolute Gasteiger partial charge is 0.338 e. The predicted molar refractivity (Wildman–Crippen MR) is 130 cm³/mol. The molecule has 0 aliphatic carbocycles. The van der Waals surface area contributed by atoms with Crippen LogP contribution in [-0.2, 0) is 19.4 Å². The van der Waals surface area contributed by atoms with E-state index in [9.17, 15) is 22.8 Å². The summed E-state index contributed by atoms with van der Waals surface area (Å²) in [4.78, 5) is 39.6. The van der Waals surface area contributed by atoms with E-state index in [1.165, 1.54) is 28.4 Å². The first-order valence-corrected chi connectivity index (χ1v) is 13.2. The number of nitrogens with one attached hydrogen (secondary N) is 1. The SMILES string of the molecule is O=C(OCC(=O)N(c1ccccc1)C1CCS(=O)(=O)C1)c1ccc(NC(=O)c2cccs2)cc1. The van der Waals surface area contributed by atoms with Crippen LogP contribution >= 0.6 is 11.3 Å². The first-order valence-electron chi connectivity index (χ1n) is 10.5. The normalized spacial score (nSPS) is 16.5. The summed E-state index contributed by atoms with van der Waals surface area (Å²) in [5.74, 6) is -1.55. The molecule has 1 aliphatic heterocycles. The Hall–Kier alpha value is -3.50. The number of amides is 2. The fourth-order valence-electron chi connectivity index (χ4n) is 3.70. The third kappa shape index (κ3) is 5.70. The molecule has 0 saturated carbocycles. The van der Waals surface area contributed by atoms with Crippen molar-refractivity contribution >= 4 is 50.3 Å². The molecule has 0 radical (unpaired) electrons. The highest BCUT2D eigenvalue weighted by Crippen LogP contribution is 2.25. The highest BCUT2D eigenvalue weighted by molar-refractivity contribution is 7.91. The largest absolute Gasteiger partial charge is 0.452 e. The van der Waals surface area contributed by atoms with Gasteiger partial charge in [0, 0.05) is 11.4 Å². The number of sulfone groups is 1. The Morgan fingerprint density at radius 2 is 1.74 bits per heavy atom. The summed E-state index contributed by atoms with van der Waals surface area (Å²) < 4.78 is 29.1. The van der Waals surface area contributed by atoms with Crippen LogP contribution in [0.5, 0.6) is 0 Å². The lowest BCUT2D eigenvalue weighted by Crippen LogP contribution is -2.43. The van der Waals surface area contributed by atoms with E-state index in [1.807, 2.05) is 0 Å². The number of anilines is 2. The van der Waals surface area contributed by atoms with Gasteiger partial charge in [0.25, 0.3) is 11.8 Å². The number of para-hydroxylation sites is 1. The molecule has 4 rings (SSSR count). The molecule has 1 fully saturated rings. The Morgan fingerprint density at radius 1 is 1.00 bits per heavy atom. The summed E-state index contributed by atoms with van der Waals surface area (Å²) in [6.45, 7) is -0.527. The standard InChI is InChI=1S/C24H22N2O6S2/c27-22(26(19-5-2-1-3-6-19)20-12-14-34(30,31)16-20)15-32-24(29)17-8-10-18(11-9-17)25-23(28)21-7-4-13-33-21/h1-11,13,20H,12,14-16H2,(H,25,28). The molecule has 1 aromatic heterocycles. The third-order valence-electron chi connectivity index (χ3n) is 5.33. The number of hydrogen-bond acceptors (Lipinski definition) is 7. The average Bonchev–Trinajstić information content (AvgIpc) is 3.49. The van der Waals surface area contributed by atoms with Gasteiger partial charge in [0.2, 0.25) is 0 Å². The molecule has 0 spiro atoms. The lowest BCUT2D eigenvalue weighted by molar-refractivity contribution is -0.122. The number of thiophene rings is 1. The molecule has 1 aliphatic rings. The number of carbonyl (C=O) groups is 3. The fourth-order valence-corrected chi connectivity index (χ4v) is 6.02. The van der Waals surface area contributed by atoms with Crippen molar-refractivity contribution in [1.29, 1.82) is 0 Å². The molecular formula is C24H22N2O6S2. The first-order chi connectivity index (χ1) is 16.3. The van der Waals surface area contributed by atoms with Crippen molar-refractivity contribution in [3.05, 3.63) is 82.6 Å². The molecule has 0 bridgehead atoms. The second-order valence-electron chi connectivity index (χ2n) is 7.74. The molecule has 10 heteroatoms. The summed E-state index contributed by atoms with van der Waals surface area (Å²) in [5.41, 5.74) is 1.29. The molecule has 2 amide bonds. The molecule has 8 nitrogen and oxygen atoms in total.